The molecule has 1 saturated carbocycles. The van der Waals surface area contributed by atoms with Crippen molar-refractivity contribution in [1.82, 2.24) is 9.97 Å². The molecule has 3 atom stereocenters. The van der Waals surface area contributed by atoms with Crippen LogP contribution in [0.5, 0.6) is 0 Å². The van der Waals surface area contributed by atoms with Crippen molar-refractivity contribution in [2.24, 2.45) is 11.7 Å². The van der Waals surface area contributed by atoms with Crippen LogP contribution in [0.2, 0.25) is 0 Å². The minimum absolute atomic E-state index is 0.0283. The molecule has 0 aromatic carbocycles. The Labute approximate surface area is 129 Å². The van der Waals surface area contributed by atoms with Crippen LogP contribution in [0.1, 0.15) is 36.5 Å². The summed E-state index contributed by atoms with van der Waals surface area (Å²) in [5.74, 6) is -0.437. The summed E-state index contributed by atoms with van der Waals surface area (Å²) in [7, 11) is -3.59. The number of carbonyl (C=O) groups is 1. The van der Waals surface area contributed by atoms with Gasteiger partial charge in [0.05, 0.1) is 11.7 Å². The highest BCUT2D eigenvalue weighted by Gasteiger charge is 2.27. The Bertz CT molecular complexity index is 677. The number of nitrogens with one attached hydrogen (secondary N) is 1. The molecule has 1 aliphatic carbocycles. The van der Waals surface area contributed by atoms with Crippen LogP contribution < -0.4 is 11.1 Å². The van der Waals surface area contributed by atoms with Crippen molar-refractivity contribution in [3.63, 3.8) is 0 Å². The first-order valence-corrected chi connectivity index (χ1v) is 8.89. The predicted molar refractivity (Wildman–Crippen MR) is 80.1 cm³/mol. The zero-order valence-electron chi connectivity index (χ0n) is 12.5. The van der Waals surface area contributed by atoms with Crippen LogP contribution in [0.15, 0.2) is 11.4 Å². The summed E-state index contributed by atoms with van der Waals surface area (Å²) in [5.41, 5.74) is 5.30. The van der Waals surface area contributed by atoms with Gasteiger partial charge in [-0.25, -0.2) is 18.4 Å². The average Bonchev–Trinajstić information content (AvgIpc) is 2.41. The fourth-order valence-electron chi connectivity index (χ4n) is 2.46. The highest BCUT2D eigenvalue weighted by Crippen LogP contribution is 2.27. The monoisotopic (exact) mass is 328 g/mol. The first kappa shape index (κ1) is 16.6. The van der Waals surface area contributed by atoms with E-state index in [2.05, 4.69) is 15.3 Å². The first-order chi connectivity index (χ1) is 10.2. The number of hydrogen-bond donors (Lipinski definition) is 3. The molecule has 1 aromatic heterocycles. The van der Waals surface area contributed by atoms with E-state index >= 15 is 0 Å². The number of nitrogens with two attached hydrogens (primary N) is 1. The van der Waals surface area contributed by atoms with E-state index < -0.39 is 21.8 Å². The highest BCUT2D eigenvalue weighted by atomic mass is 32.2. The summed E-state index contributed by atoms with van der Waals surface area (Å²) >= 11 is 0. The second kappa shape index (κ2) is 6.17. The maximum atomic E-state index is 11.5. The number of aliphatic hydroxyl groups is 1. The molecule has 22 heavy (non-hydrogen) atoms. The van der Waals surface area contributed by atoms with Crippen molar-refractivity contribution >= 4 is 21.6 Å². The number of rotatable bonds is 4. The molecule has 0 spiro atoms. The van der Waals surface area contributed by atoms with Gasteiger partial charge in [0.2, 0.25) is 15.0 Å². The molecule has 1 aliphatic rings. The van der Waals surface area contributed by atoms with Gasteiger partial charge < -0.3 is 16.2 Å². The second-order valence-corrected chi connectivity index (χ2v) is 7.66. The van der Waals surface area contributed by atoms with Gasteiger partial charge in [0.1, 0.15) is 5.82 Å². The van der Waals surface area contributed by atoms with E-state index in [0.717, 1.165) is 25.3 Å². The number of carbonyl (C=O) groups excluding carboxylic acids is 1. The third-order valence-electron chi connectivity index (χ3n) is 3.86. The smallest absolute Gasteiger partial charge is 0.254 e. The van der Waals surface area contributed by atoms with Gasteiger partial charge in [-0.15, -0.1) is 0 Å². The number of primary amides is 1. The largest absolute Gasteiger partial charge is 0.393 e. The summed E-state index contributed by atoms with van der Waals surface area (Å²) in [5, 5.41) is 12.6. The Morgan fingerprint density at radius 2 is 2.14 bits per heavy atom. The number of aromatic nitrogens is 2. The number of sulfone groups is 1. The lowest BCUT2D eigenvalue weighted by Gasteiger charge is -2.32. The molecular formula is C13H20N4O4S. The lowest BCUT2D eigenvalue weighted by Crippen LogP contribution is -2.35. The predicted octanol–water partition coefficient (Wildman–Crippen LogP) is -0.0596. The third kappa shape index (κ3) is 3.72. The lowest BCUT2D eigenvalue weighted by molar-refractivity contribution is 0.0739. The number of nitrogens with zero attached hydrogens (tertiary/aromatic N) is 2. The normalized spacial score (nSPS) is 25.7. The van der Waals surface area contributed by atoms with Gasteiger partial charge in [-0.1, -0.05) is 6.92 Å². The molecule has 4 N–H and O–H groups in total. The Morgan fingerprint density at radius 3 is 2.68 bits per heavy atom. The Kier molecular flexibility index (Phi) is 4.66. The summed E-state index contributed by atoms with van der Waals surface area (Å²) in [4.78, 5) is 19.0. The van der Waals surface area contributed by atoms with Crippen LogP contribution in [0.25, 0.3) is 0 Å². The molecule has 1 aromatic rings. The van der Waals surface area contributed by atoms with E-state index in [1.54, 1.807) is 0 Å². The molecule has 9 heteroatoms. The second-order valence-electron chi connectivity index (χ2n) is 5.75. The number of anilines is 1. The SMILES string of the molecule is C[C@@H]1CC[C@@H](Nc2nc(S(C)(=O)=O)ncc2C(N)=O)C[C@H]1O. The summed E-state index contributed by atoms with van der Waals surface area (Å²) in [6, 6.07) is -0.105. The van der Waals surface area contributed by atoms with E-state index in [-0.39, 0.29) is 28.5 Å². The highest BCUT2D eigenvalue weighted by molar-refractivity contribution is 7.90. The van der Waals surface area contributed by atoms with Gasteiger partial charge >= 0.3 is 0 Å². The molecule has 8 nitrogen and oxygen atoms in total. The maximum Gasteiger partial charge on any atom is 0.254 e. The average molecular weight is 328 g/mol. The van der Waals surface area contributed by atoms with Crippen molar-refractivity contribution in [2.45, 2.75) is 43.5 Å². The Morgan fingerprint density at radius 1 is 1.45 bits per heavy atom. The molecule has 122 valence electrons. The topological polar surface area (TPSA) is 135 Å². The molecule has 0 bridgehead atoms. The Balaban J connectivity index is 2.30. The molecule has 1 fully saturated rings. The van der Waals surface area contributed by atoms with Crippen LogP contribution >= 0.6 is 0 Å². The van der Waals surface area contributed by atoms with E-state index in [4.69, 9.17) is 5.73 Å². The number of aliphatic hydroxyl groups excluding tert-OH is 1. The van der Waals surface area contributed by atoms with Crippen LogP contribution in [-0.4, -0.2) is 47.8 Å². The molecule has 2 rings (SSSR count). The zero-order chi connectivity index (χ0) is 16.5. The van der Waals surface area contributed by atoms with Crippen molar-refractivity contribution in [2.75, 3.05) is 11.6 Å². The fourth-order valence-corrected chi connectivity index (χ4v) is 2.96. The standard InChI is InChI=1S/C13H20N4O4S/c1-7-3-4-8(5-10(7)18)16-12-9(11(14)19)6-15-13(17-12)22(2,20)21/h6-8,10,18H,3-5H2,1-2H3,(H2,14,19)(H,15,16,17)/t7-,8-,10-/m1/s1. The molecule has 0 radical (unpaired) electrons. The summed E-state index contributed by atoms with van der Waals surface area (Å²) in [6.07, 6.45) is 3.76. The molecule has 0 aliphatic heterocycles. The number of hydrogen-bond acceptors (Lipinski definition) is 7. The minimum Gasteiger partial charge on any atom is -0.393 e. The molecule has 1 heterocycles. The molecule has 0 saturated heterocycles. The van der Waals surface area contributed by atoms with Crippen LogP contribution in [0.4, 0.5) is 5.82 Å². The van der Waals surface area contributed by atoms with Gasteiger partial charge in [0, 0.05) is 18.5 Å². The molecule has 0 unspecified atom stereocenters. The van der Waals surface area contributed by atoms with Crippen molar-refractivity contribution in [1.29, 1.82) is 0 Å². The van der Waals surface area contributed by atoms with Crippen molar-refractivity contribution < 1.29 is 18.3 Å². The van der Waals surface area contributed by atoms with Gasteiger partial charge in [-0.05, 0) is 25.2 Å². The van der Waals surface area contributed by atoms with Gasteiger partial charge in [-0.2, -0.15) is 0 Å². The van der Waals surface area contributed by atoms with Crippen LogP contribution in [0, 0.1) is 5.92 Å². The zero-order valence-corrected chi connectivity index (χ0v) is 13.3. The summed E-state index contributed by atoms with van der Waals surface area (Å²) < 4.78 is 23.1. The van der Waals surface area contributed by atoms with Crippen LogP contribution in [0.3, 0.4) is 0 Å². The van der Waals surface area contributed by atoms with E-state index in [0.29, 0.717) is 6.42 Å². The van der Waals surface area contributed by atoms with Crippen molar-refractivity contribution in [3.05, 3.63) is 11.8 Å². The molecular weight excluding hydrogens is 308 g/mol. The third-order valence-corrected chi connectivity index (χ3v) is 4.72. The lowest BCUT2D eigenvalue weighted by atomic mass is 9.85. The van der Waals surface area contributed by atoms with E-state index in [1.165, 1.54) is 0 Å². The molecule has 1 amide bonds. The maximum absolute atomic E-state index is 11.5. The van der Waals surface area contributed by atoms with E-state index in [1.807, 2.05) is 6.92 Å². The van der Waals surface area contributed by atoms with Gasteiger partial charge in [-0.3, -0.25) is 4.79 Å². The van der Waals surface area contributed by atoms with Gasteiger partial charge in [0.15, 0.2) is 0 Å². The van der Waals surface area contributed by atoms with Crippen molar-refractivity contribution in [3.8, 4) is 0 Å². The van der Waals surface area contributed by atoms with Crippen LogP contribution in [-0.2, 0) is 9.84 Å². The quantitative estimate of drug-likeness (QED) is 0.659. The minimum atomic E-state index is -3.59. The van der Waals surface area contributed by atoms with Gasteiger partial charge in [0.25, 0.3) is 5.91 Å². The van der Waals surface area contributed by atoms with E-state index in [9.17, 15) is 18.3 Å². The number of amides is 1. The first-order valence-electron chi connectivity index (χ1n) is 7.00. The Hall–Kier alpha value is -1.74. The summed E-state index contributed by atoms with van der Waals surface area (Å²) in [6.45, 7) is 1.97. The fraction of sp³-hybridized carbons (Fsp3) is 0.615.